The van der Waals surface area contributed by atoms with Crippen molar-refractivity contribution >= 4 is 10.0 Å². The number of sulfonamides is 1. The monoisotopic (exact) mass is 260 g/mol. The molecule has 1 heterocycles. The molecule has 1 saturated carbocycles. The minimum atomic E-state index is -3.05. The van der Waals surface area contributed by atoms with E-state index in [2.05, 4.69) is 5.32 Å². The van der Waals surface area contributed by atoms with E-state index in [1.807, 2.05) is 11.2 Å². The lowest BCUT2D eigenvalue weighted by atomic mass is 10.1. The molecule has 0 aromatic carbocycles. The Kier molecular flexibility index (Phi) is 4.44. The summed E-state index contributed by atoms with van der Waals surface area (Å²) in [5.74, 6) is 0.258. The molecule has 0 radical (unpaired) electrons. The Labute approximate surface area is 105 Å². The summed E-state index contributed by atoms with van der Waals surface area (Å²) in [7, 11) is -3.05. The first-order valence-electron chi connectivity index (χ1n) is 6.83. The van der Waals surface area contributed by atoms with Crippen molar-refractivity contribution in [2.45, 2.75) is 57.5 Å². The van der Waals surface area contributed by atoms with E-state index in [-0.39, 0.29) is 17.8 Å². The molecule has 1 aliphatic heterocycles. The van der Waals surface area contributed by atoms with Crippen LogP contribution in [0.3, 0.4) is 0 Å². The molecule has 0 spiro atoms. The Morgan fingerprint density at radius 2 is 1.76 bits per heavy atom. The highest BCUT2D eigenvalue weighted by Crippen LogP contribution is 2.26. The zero-order chi connectivity index (χ0) is 12.3. The van der Waals surface area contributed by atoms with Crippen molar-refractivity contribution in [3.05, 3.63) is 0 Å². The number of hydrogen-bond acceptors (Lipinski definition) is 3. The second-order valence-electron chi connectivity index (χ2n) is 5.34. The second kappa shape index (κ2) is 5.67. The third-order valence-electron chi connectivity index (χ3n) is 3.92. The minimum Gasteiger partial charge on any atom is -0.314 e. The lowest BCUT2D eigenvalue weighted by Gasteiger charge is -2.33. The number of hydrogen-bond donors (Lipinski definition) is 1. The maximum atomic E-state index is 12.3. The van der Waals surface area contributed by atoms with E-state index in [4.69, 9.17) is 0 Å². The number of nitrogens with zero attached hydrogens (tertiary/aromatic N) is 1. The molecule has 17 heavy (non-hydrogen) atoms. The van der Waals surface area contributed by atoms with Gasteiger partial charge in [0.05, 0.1) is 5.75 Å². The molecule has 0 bridgehead atoms. The molecule has 4 nitrogen and oxygen atoms in total. The van der Waals surface area contributed by atoms with Crippen LogP contribution in [0.1, 0.15) is 45.4 Å². The van der Waals surface area contributed by atoms with Gasteiger partial charge in [0, 0.05) is 25.2 Å². The zero-order valence-electron chi connectivity index (χ0n) is 10.7. The standard InChI is InChI=1S/C12H24N2O2S/c1-11-10-13-8-9-17(15,16)14(11)12-6-4-2-3-5-7-12/h11-13H,2-10H2,1H3. The molecule has 1 atom stereocenters. The van der Waals surface area contributed by atoms with Crippen molar-refractivity contribution in [2.24, 2.45) is 0 Å². The van der Waals surface area contributed by atoms with Crippen molar-refractivity contribution < 1.29 is 8.42 Å². The van der Waals surface area contributed by atoms with Crippen molar-refractivity contribution in [1.29, 1.82) is 0 Å². The van der Waals surface area contributed by atoms with Gasteiger partial charge in [-0.15, -0.1) is 0 Å². The van der Waals surface area contributed by atoms with Crippen molar-refractivity contribution in [2.75, 3.05) is 18.8 Å². The summed E-state index contributed by atoms with van der Waals surface area (Å²) >= 11 is 0. The molecule has 2 aliphatic rings. The molecule has 0 amide bonds. The Balaban J connectivity index is 2.18. The van der Waals surface area contributed by atoms with Crippen LogP contribution in [-0.4, -0.2) is 43.6 Å². The summed E-state index contributed by atoms with van der Waals surface area (Å²) in [4.78, 5) is 0. The molecule has 1 unspecified atom stereocenters. The smallest absolute Gasteiger partial charge is 0.215 e. The molecular formula is C12H24N2O2S. The van der Waals surface area contributed by atoms with E-state index in [1.165, 1.54) is 25.7 Å². The van der Waals surface area contributed by atoms with E-state index < -0.39 is 10.0 Å². The molecule has 2 rings (SSSR count). The average Bonchev–Trinajstić information content (AvgIpc) is 2.58. The summed E-state index contributed by atoms with van der Waals surface area (Å²) in [5.41, 5.74) is 0. The third kappa shape index (κ3) is 3.20. The van der Waals surface area contributed by atoms with Crippen LogP contribution in [0.15, 0.2) is 0 Å². The van der Waals surface area contributed by atoms with Gasteiger partial charge < -0.3 is 5.32 Å². The fraction of sp³-hybridized carbons (Fsp3) is 1.00. The number of nitrogens with one attached hydrogen (secondary N) is 1. The minimum absolute atomic E-state index is 0.102. The van der Waals surface area contributed by atoms with Crippen LogP contribution in [-0.2, 0) is 10.0 Å². The van der Waals surface area contributed by atoms with Crippen LogP contribution >= 0.6 is 0 Å². The van der Waals surface area contributed by atoms with E-state index in [1.54, 1.807) is 0 Å². The van der Waals surface area contributed by atoms with Crippen LogP contribution in [0.5, 0.6) is 0 Å². The van der Waals surface area contributed by atoms with Crippen molar-refractivity contribution in [1.82, 2.24) is 9.62 Å². The summed E-state index contributed by atoms with van der Waals surface area (Å²) in [5, 5.41) is 3.22. The lowest BCUT2D eigenvalue weighted by molar-refractivity contribution is 0.242. The molecule has 1 aliphatic carbocycles. The van der Waals surface area contributed by atoms with E-state index >= 15 is 0 Å². The normalized spacial score (nSPS) is 32.9. The van der Waals surface area contributed by atoms with Crippen LogP contribution in [0.4, 0.5) is 0 Å². The SMILES string of the molecule is CC1CNCCS(=O)(=O)N1C1CCCCCC1. The third-order valence-corrected chi connectivity index (χ3v) is 5.94. The van der Waals surface area contributed by atoms with Crippen LogP contribution in [0.2, 0.25) is 0 Å². The van der Waals surface area contributed by atoms with Gasteiger partial charge in [-0.2, -0.15) is 4.31 Å². The molecule has 0 aromatic rings. The van der Waals surface area contributed by atoms with Crippen LogP contribution in [0.25, 0.3) is 0 Å². The Bertz CT molecular complexity index is 334. The van der Waals surface area contributed by atoms with Gasteiger partial charge in [0.2, 0.25) is 10.0 Å². The fourth-order valence-corrected chi connectivity index (χ4v) is 4.98. The molecular weight excluding hydrogens is 236 g/mol. The molecule has 1 N–H and O–H groups in total. The first-order valence-corrected chi connectivity index (χ1v) is 8.44. The summed E-state index contributed by atoms with van der Waals surface area (Å²) in [6.07, 6.45) is 6.97. The summed E-state index contributed by atoms with van der Waals surface area (Å²) in [6, 6.07) is 0.350. The Morgan fingerprint density at radius 1 is 1.12 bits per heavy atom. The Morgan fingerprint density at radius 3 is 2.41 bits per heavy atom. The van der Waals surface area contributed by atoms with E-state index in [9.17, 15) is 8.42 Å². The van der Waals surface area contributed by atoms with E-state index in [0.717, 1.165) is 19.4 Å². The number of rotatable bonds is 1. The first kappa shape index (κ1) is 13.3. The van der Waals surface area contributed by atoms with Crippen LogP contribution < -0.4 is 5.32 Å². The van der Waals surface area contributed by atoms with Crippen molar-refractivity contribution in [3.63, 3.8) is 0 Å². The molecule has 2 fully saturated rings. The maximum Gasteiger partial charge on any atom is 0.215 e. The summed E-state index contributed by atoms with van der Waals surface area (Å²) < 4.78 is 26.4. The predicted molar refractivity (Wildman–Crippen MR) is 69.4 cm³/mol. The van der Waals surface area contributed by atoms with Crippen molar-refractivity contribution in [3.8, 4) is 0 Å². The van der Waals surface area contributed by atoms with Gasteiger partial charge in [-0.05, 0) is 19.8 Å². The predicted octanol–water partition coefficient (Wildman–Crippen LogP) is 1.33. The van der Waals surface area contributed by atoms with Gasteiger partial charge >= 0.3 is 0 Å². The topological polar surface area (TPSA) is 49.4 Å². The average molecular weight is 260 g/mol. The molecule has 5 heteroatoms. The van der Waals surface area contributed by atoms with Crippen LogP contribution in [0, 0.1) is 0 Å². The fourth-order valence-electron chi connectivity index (χ4n) is 3.08. The second-order valence-corrected chi connectivity index (χ2v) is 7.34. The maximum absolute atomic E-state index is 12.3. The highest BCUT2D eigenvalue weighted by atomic mass is 32.2. The molecule has 100 valence electrons. The van der Waals surface area contributed by atoms with Gasteiger partial charge in [0.1, 0.15) is 0 Å². The summed E-state index contributed by atoms with van der Waals surface area (Å²) in [6.45, 7) is 3.41. The highest BCUT2D eigenvalue weighted by Gasteiger charge is 2.35. The van der Waals surface area contributed by atoms with Gasteiger partial charge in [-0.3, -0.25) is 0 Å². The van der Waals surface area contributed by atoms with Gasteiger partial charge in [0.15, 0.2) is 0 Å². The highest BCUT2D eigenvalue weighted by molar-refractivity contribution is 7.89. The van der Waals surface area contributed by atoms with Gasteiger partial charge in [0.25, 0.3) is 0 Å². The first-order chi connectivity index (χ1) is 8.11. The zero-order valence-corrected chi connectivity index (χ0v) is 11.5. The van der Waals surface area contributed by atoms with Gasteiger partial charge in [-0.25, -0.2) is 8.42 Å². The Hall–Kier alpha value is -0.130. The lowest BCUT2D eigenvalue weighted by Crippen LogP contribution is -2.47. The van der Waals surface area contributed by atoms with Gasteiger partial charge in [-0.1, -0.05) is 25.7 Å². The largest absolute Gasteiger partial charge is 0.314 e. The molecule has 0 aromatic heterocycles. The molecule has 1 saturated heterocycles. The van der Waals surface area contributed by atoms with E-state index in [0.29, 0.717) is 6.54 Å². The quantitative estimate of drug-likeness (QED) is 0.724.